The molecule has 0 atom stereocenters. The van der Waals surface area contributed by atoms with Crippen LogP contribution in [0.5, 0.6) is 5.75 Å². The zero-order valence-electron chi connectivity index (χ0n) is 15.2. The van der Waals surface area contributed by atoms with Gasteiger partial charge in [-0.15, -0.1) is 0 Å². The fraction of sp³-hybridized carbons (Fsp3) is 0.500. The van der Waals surface area contributed by atoms with Crippen LogP contribution in [0.1, 0.15) is 19.4 Å². The summed E-state index contributed by atoms with van der Waals surface area (Å²) in [7, 11) is -1.37. The summed E-state index contributed by atoms with van der Waals surface area (Å²) in [6.07, 6.45) is 1.71. The molecule has 1 aliphatic heterocycles. The van der Waals surface area contributed by atoms with E-state index in [9.17, 15) is 8.42 Å². The van der Waals surface area contributed by atoms with Crippen molar-refractivity contribution in [1.29, 1.82) is 0 Å². The third-order valence-corrected chi connectivity index (χ3v) is 6.85. The quantitative estimate of drug-likeness (QED) is 0.490. The number of benzene rings is 1. The van der Waals surface area contributed by atoms with Gasteiger partial charge >= 0.3 is 0 Å². The van der Waals surface area contributed by atoms with Gasteiger partial charge in [0.1, 0.15) is 12.4 Å². The number of nitrogens with zero attached hydrogens (tertiary/aromatic N) is 2. The van der Waals surface area contributed by atoms with Gasteiger partial charge in [-0.2, -0.15) is 0 Å². The van der Waals surface area contributed by atoms with Crippen LogP contribution in [0.3, 0.4) is 0 Å². The molecule has 0 saturated carbocycles. The molecule has 25 heavy (non-hydrogen) atoms. The summed E-state index contributed by atoms with van der Waals surface area (Å²) in [5.74, 6) is 1.63. The number of hydrogen-bond acceptors (Lipinski definition) is 4. The molecule has 1 saturated heterocycles. The molecule has 0 bridgehead atoms. The van der Waals surface area contributed by atoms with Crippen LogP contribution in [0.15, 0.2) is 41.9 Å². The summed E-state index contributed by atoms with van der Waals surface area (Å²) in [6.45, 7) is 9.05. The summed E-state index contributed by atoms with van der Waals surface area (Å²) < 4.78 is 29.2. The average Bonchev–Trinajstić information content (AvgIpc) is 2.57. The maximum Gasteiger partial charge on any atom is 0.193 e. The molecular formula is C18H27N3O3S. The summed E-state index contributed by atoms with van der Waals surface area (Å²) in [5.41, 5.74) is 1.01. The van der Waals surface area contributed by atoms with Crippen molar-refractivity contribution in [2.75, 3.05) is 32.5 Å². The van der Waals surface area contributed by atoms with E-state index in [1.165, 1.54) is 0 Å². The second-order valence-electron chi connectivity index (χ2n) is 6.61. The van der Waals surface area contributed by atoms with Crippen molar-refractivity contribution in [2.24, 2.45) is 4.99 Å². The molecule has 7 heteroatoms. The van der Waals surface area contributed by atoms with E-state index in [2.05, 4.69) is 16.9 Å². The van der Waals surface area contributed by atoms with Crippen molar-refractivity contribution in [3.63, 3.8) is 0 Å². The number of guanidine groups is 1. The summed E-state index contributed by atoms with van der Waals surface area (Å²) in [5, 5.41) is 3.31. The third-order valence-electron chi connectivity index (χ3n) is 4.32. The SMILES string of the molecule is C=CCOc1ccccc1CNC(=NC)N1CCS(=O)(=O)C(C)(C)C1. The molecule has 0 unspecified atom stereocenters. The molecule has 0 radical (unpaired) electrons. The second kappa shape index (κ2) is 7.91. The number of ether oxygens (including phenoxy) is 1. The second-order valence-corrected chi connectivity index (χ2v) is 9.35. The molecule has 0 aromatic heterocycles. The molecule has 0 aliphatic carbocycles. The minimum Gasteiger partial charge on any atom is -0.489 e. The van der Waals surface area contributed by atoms with Gasteiger partial charge in [0.25, 0.3) is 0 Å². The maximum atomic E-state index is 12.2. The fourth-order valence-corrected chi connectivity index (χ4v) is 4.14. The lowest BCUT2D eigenvalue weighted by Crippen LogP contribution is -2.57. The molecule has 1 aliphatic rings. The largest absolute Gasteiger partial charge is 0.489 e. The molecule has 1 heterocycles. The van der Waals surface area contributed by atoms with Crippen molar-refractivity contribution in [1.82, 2.24) is 10.2 Å². The molecule has 1 fully saturated rings. The number of rotatable bonds is 5. The van der Waals surface area contributed by atoms with E-state index in [0.29, 0.717) is 32.2 Å². The van der Waals surface area contributed by atoms with Crippen LogP contribution < -0.4 is 10.1 Å². The smallest absolute Gasteiger partial charge is 0.193 e. The highest BCUT2D eigenvalue weighted by Crippen LogP contribution is 2.24. The Morgan fingerprint density at radius 2 is 2.16 bits per heavy atom. The van der Waals surface area contributed by atoms with Crippen LogP contribution in [-0.2, 0) is 16.4 Å². The van der Waals surface area contributed by atoms with Gasteiger partial charge in [0.05, 0.1) is 10.5 Å². The Hall–Kier alpha value is -2.02. The molecule has 138 valence electrons. The van der Waals surface area contributed by atoms with Crippen molar-refractivity contribution < 1.29 is 13.2 Å². The van der Waals surface area contributed by atoms with E-state index in [1.807, 2.05) is 29.2 Å². The summed E-state index contributed by atoms with van der Waals surface area (Å²) in [4.78, 5) is 6.31. The van der Waals surface area contributed by atoms with Gasteiger partial charge in [0, 0.05) is 32.2 Å². The highest BCUT2D eigenvalue weighted by atomic mass is 32.2. The molecule has 0 spiro atoms. The van der Waals surface area contributed by atoms with Crippen LogP contribution in [0, 0.1) is 0 Å². The number of para-hydroxylation sites is 1. The minimum atomic E-state index is -3.07. The number of hydrogen-bond donors (Lipinski definition) is 1. The molecule has 2 rings (SSSR count). The summed E-state index contributed by atoms with van der Waals surface area (Å²) >= 11 is 0. The molecular weight excluding hydrogens is 338 g/mol. The third kappa shape index (κ3) is 4.54. The molecule has 0 amide bonds. The van der Waals surface area contributed by atoms with Gasteiger partial charge in [-0.25, -0.2) is 8.42 Å². The van der Waals surface area contributed by atoms with Crippen molar-refractivity contribution in [3.05, 3.63) is 42.5 Å². The van der Waals surface area contributed by atoms with E-state index in [1.54, 1.807) is 27.0 Å². The Bertz CT molecular complexity index is 742. The lowest BCUT2D eigenvalue weighted by molar-refractivity contribution is 0.349. The van der Waals surface area contributed by atoms with Gasteiger partial charge in [-0.3, -0.25) is 4.99 Å². The van der Waals surface area contributed by atoms with Gasteiger partial charge < -0.3 is 15.0 Å². The van der Waals surface area contributed by atoms with Gasteiger partial charge in [0.2, 0.25) is 0 Å². The van der Waals surface area contributed by atoms with E-state index < -0.39 is 14.6 Å². The first-order valence-electron chi connectivity index (χ1n) is 8.30. The van der Waals surface area contributed by atoms with Gasteiger partial charge in [0.15, 0.2) is 15.8 Å². The molecule has 6 nitrogen and oxygen atoms in total. The Balaban J connectivity index is 2.06. The Morgan fingerprint density at radius 1 is 1.44 bits per heavy atom. The zero-order valence-corrected chi connectivity index (χ0v) is 16.0. The van der Waals surface area contributed by atoms with Crippen molar-refractivity contribution in [2.45, 2.75) is 25.1 Å². The molecule has 1 aromatic rings. The number of sulfone groups is 1. The predicted octanol–water partition coefficient (Wildman–Crippen LogP) is 1.84. The molecule has 1 N–H and O–H groups in total. The standard InChI is InChI=1S/C18H27N3O3S/c1-5-11-24-16-9-7-6-8-15(16)13-20-17(19-4)21-10-12-25(22,23)18(2,3)14-21/h5-9H,1,10-14H2,2-4H3,(H,19,20). The normalized spacial score (nSPS) is 19.3. The highest BCUT2D eigenvalue weighted by molar-refractivity contribution is 7.92. The van der Waals surface area contributed by atoms with Gasteiger partial charge in [-0.1, -0.05) is 30.9 Å². The first kappa shape index (κ1) is 19.3. The predicted molar refractivity (Wildman–Crippen MR) is 102 cm³/mol. The van der Waals surface area contributed by atoms with Gasteiger partial charge in [-0.05, 0) is 19.9 Å². The Morgan fingerprint density at radius 3 is 2.80 bits per heavy atom. The molecule has 1 aromatic carbocycles. The van der Waals surface area contributed by atoms with Crippen LogP contribution in [0.2, 0.25) is 0 Å². The monoisotopic (exact) mass is 365 g/mol. The minimum absolute atomic E-state index is 0.139. The lowest BCUT2D eigenvalue weighted by atomic mass is 10.2. The van der Waals surface area contributed by atoms with E-state index in [4.69, 9.17) is 4.74 Å². The summed E-state index contributed by atoms with van der Waals surface area (Å²) in [6, 6.07) is 7.79. The van der Waals surface area contributed by atoms with Crippen molar-refractivity contribution >= 4 is 15.8 Å². The van der Waals surface area contributed by atoms with E-state index in [-0.39, 0.29) is 5.75 Å². The Labute approximate surface area is 150 Å². The first-order chi connectivity index (χ1) is 11.8. The number of nitrogens with one attached hydrogen (secondary N) is 1. The van der Waals surface area contributed by atoms with Crippen LogP contribution in [0.4, 0.5) is 0 Å². The van der Waals surface area contributed by atoms with Crippen LogP contribution in [-0.4, -0.2) is 56.5 Å². The topological polar surface area (TPSA) is 71.0 Å². The first-order valence-corrected chi connectivity index (χ1v) is 9.95. The average molecular weight is 365 g/mol. The van der Waals surface area contributed by atoms with Crippen molar-refractivity contribution in [3.8, 4) is 5.75 Å². The van der Waals surface area contributed by atoms with Crippen LogP contribution >= 0.6 is 0 Å². The fourth-order valence-electron chi connectivity index (χ4n) is 2.77. The number of aliphatic imine (C=N–C) groups is 1. The Kier molecular flexibility index (Phi) is 6.11. The lowest BCUT2D eigenvalue weighted by Gasteiger charge is -2.39. The zero-order chi connectivity index (χ0) is 18.5. The highest BCUT2D eigenvalue weighted by Gasteiger charge is 2.40. The van der Waals surface area contributed by atoms with E-state index in [0.717, 1.165) is 11.3 Å². The van der Waals surface area contributed by atoms with E-state index >= 15 is 0 Å². The van der Waals surface area contributed by atoms with Crippen LogP contribution in [0.25, 0.3) is 0 Å². The maximum absolute atomic E-state index is 12.2.